The van der Waals surface area contributed by atoms with Gasteiger partial charge in [0.25, 0.3) is 0 Å². The molecule has 52 heavy (non-hydrogen) atoms. The van der Waals surface area contributed by atoms with Gasteiger partial charge in [-0.15, -0.1) is 28.6 Å². The van der Waals surface area contributed by atoms with Crippen LogP contribution in [0.15, 0.2) is 91.4 Å². The van der Waals surface area contributed by atoms with Gasteiger partial charge in [-0.25, -0.2) is 14.1 Å². The van der Waals surface area contributed by atoms with Gasteiger partial charge in [-0.1, -0.05) is 104 Å². The predicted molar refractivity (Wildman–Crippen MR) is 213 cm³/mol. The molecule has 0 fully saturated rings. The van der Waals surface area contributed by atoms with E-state index in [4.69, 9.17) is 9.72 Å². The molecule has 5 nitrogen and oxygen atoms in total. The Balaban J connectivity index is 0.00000464. The minimum absolute atomic E-state index is 0. The molecule has 4 aromatic carbocycles. The molecule has 0 unspecified atom stereocenters. The van der Waals surface area contributed by atoms with Crippen LogP contribution in [0.4, 0.5) is 0 Å². The van der Waals surface area contributed by atoms with Crippen molar-refractivity contribution in [1.82, 2.24) is 18.7 Å². The second kappa shape index (κ2) is 13.0. The zero-order valence-corrected chi connectivity index (χ0v) is 34.9. The number of ether oxygens (including phenoxy) is 1. The van der Waals surface area contributed by atoms with Crippen LogP contribution in [-0.2, 0) is 42.8 Å². The maximum Gasteiger partial charge on any atom is 0.188 e. The molecule has 0 amide bonds. The number of pyridine rings is 1. The summed E-state index contributed by atoms with van der Waals surface area (Å²) in [4.78, 5) is 4.90. The molecule has 6 heteroatoms. The summed E-state index contributed by atoms with van der Waals surface area (Å²) in [5.74, 6) is 2.23. The quantitative estimate of drug-likeness (QED) is 0.165. The first kappa shape index (κ1) is 37.5. The second-order valence-corrected chi connectivity index (χ2v) is 18.0. The third kappa shape index (κ3) is 6.85. The zero-order valence-electron chi connectivity index (χ0n) is 32.7. The van der Waals surface area contributed by atoms with Crippen molar-refractivity contribution in [2.24, 2.45) is 0 Å². The van der Waals surface area contributed by atoms with Crippen molar-refractivity contribution < 1.29 is 25.8 Å². The van der Waals surface area contributed by atoms with Crippen LogP contribution < -0.4 is 4.74 Å². The number of benzene rings is 4. The zero-order chi connectivity index (χ0) is 36.7. The fraction of sp³-hybridized carbons (Fsp3) is 0.348. The Labute approximate surface area is 323 Å². The molecule has 0 N–H and O–H groups in total. The summed E-state index contributed by atoms with van der Waals surface area (Å²) in [7, 11) is 0. The van der Waals surface area contributed by atoms with E-state index in [9.17, 15) is 0 Å². The van der Waals surface area contributed by atoms with Crippen LogP contribution in [0.2, 0.25) is 0 Å². The molecule has 3 heterocycles. The normalized spacial score (nSPS) is 12.8. The van der Waals surface area contributed by atoms with Gasteiger partial charge in [-0.2, -0.15) is 6.07 Å². The number of hydrogen-bond acceptors (Lipinski definition) is 2. The van der Waals surface area contributed by atoms with Crippen molar-refractivity contribution in [2.75, 3.05) is 0 Å². The van der Waals surface area contributed by atoms with E-state index in [1.807, 2.05) is 6.20 Å². The van der Waals surface area contributed by atoms with Crippen molar-refractivity contribution >= 4 is 32.8 Å². The molecule has 0 saturated carbocycles. The fourth-order valence-electron chi connectivity index (χ4n) is 6.90. The number of nitrogens with zero attached hydrogens (tertiary/aromatic N) is 4. The van der Waals surface area contributed by atoms with Gasteiger partial charge in [0.2, 0.25) is 0 Å². The first-order valence-electron chi connectivity index (χ1n) is 18.1. The molecule has 272 valence electrons. The standard InChI is InChI=1S/C46H51N4O.Pt/c1-43(2,3)30-21-22-47-42(25-30)50-37-18-14-13-17-34(37)35-27-36(45(7,8)9)41(28-40(35)50)51-33-24-31(44(4,5)6)23-32(26-33)48-29-49(46(10,11)12)39-20-16-15-19-38(39)48;/h13-25,27,29H,1-12H3;/q-1;. The van der Waals surface area contributed by atoms with Gasteiger partial charge in [-0.05, 0) is 72.9 Å². The Hall–Kier alpha value is -4.21. The number of hydrogen-bond donors (Lipinski definition) is 0. The monoisotopic (exact) mass is 870 g/mol. The average molecular weight is 871 g/mol. The summed E-state index contributed by atoms with van der Waals surface area (Å²) < 4.78 is 13.8. The van der Waals surface area contributed by atoms with E-state index in [1.54, 1.807) is 0 Å². The van der Waals surface area contributed by atoms with Crippen LogP contribution >= 0.6 is 0 Å². The van der Waals surface area contributed by atoms with Crippen molar-refractivity contribution in [3.05, 3.63) is 120 Å². The Bertz CT molecular complexity index is 2440. The molecule has 0 spiro atoms. The topological polar surface area (TPSA) is 36.9 Å². The smallest absolute Gasteiger partial charge is 0.188 e. The van der Waals surface area contributed by atoms with Crippen molar-refractivity contribution in [2.45, 2.75) is 105 Å². The number of para-hydroxylation sites is 3. The second-order valence-electron chi connectivity index (χ2n) is 18.0. The summed E-state index contributed by atoms with van der Waals surface area (Å²) >= 11 is 0. The van der Waals surface area contributed by atoms with E-state index in [-0.39, 0.29) is 42.8 Å². The molecule has 3 aromatic heterocycles. The minimum atomic E-state index is -0.215. The molecule has 0 saturated heterocycles. The van der Waals surface area contributed by atoms with Crippen LogP contribution in [0.25, 0.3) is 44.3 Å². The number of fused-ring (bicyclic) bond motifs is 4. The summed E-state index contributed by atoms with van der Waals surface area (Å²) in [6.07, 6.45) is 4.11. The molecular formula is C46H51N4OPt-. The van der Waals surface area contributed by atoms with Crippen molar-refractivity contribution in [3.8, 4) is 23.0 Å². The predicted octanol–water partition coefficient (Wildman–Crippen LogP) is 12.2. The molecular weight excluding hydrogens is 820 g/mol. The third-order valence-electron chi connectivity index (χ3n) is 9.85. The van der Waals surface area contributed by atoms with Gasteiger partial charge in [0.15, 0.2) is 17.4 Å². The van der Waals surface area contributed by atoms with Crippen LogP contribution in [0.3, 0.4) is 0 Å². The first-order chi connectivity index (χ1) is 23.8. The molecule has 7 aromatic rings. The number of imidazole rings is 1. The molecule has 0 aliphatic rings. The minimum Gasteiger partial charge on any atom is -0.508 e. The molecule has 0 atom stereocenters. The summed E-state index contributed by atoms with van der Waals surface area (Å²) in [6, 6.07) is 35.6. The van der Waals surface area contributed by atoms with Gasteiger partial charge in [0.1, 0.15) is 5.82 Å². The van der Waals surface area contributed by atoms with Crippen LogP contribution in [-0.4, -0.2) is 18.7 Å². The molecule has 0 radical (unpaired) electrons. The summed E-state index contributed by atoms with van der Waals surface area (Å²) in [6.45, 7) is 26.9. The number of aromatic nitrogens is 4. The molecule has 0 bridgehead atoms. The SMILES string of the molecule is CC(C)(C)c1cc(Oc2[c-]c3c(cc2C(C)(C)C)c2ccccc2n3-c2cc(C(C)(C)C)ccn2)[c-]c(-n2[cH+]n(C(C)(C)C)c3ccccc32)c1.[Pt]. The number of rotatable bonds is 4. The average Bonchev–Trinajstić information content (AvgIpc) is 3.59. The van der Waals surface area contributed by atoms with E-state index in [2.05, 4.69) is 194 Å². The van der Waals surface area contributed by atoms with E-state index >= 15 is 0 Å². The van der Waals surface area contributed by atoms with E-state index in [0.717, 1.165) is 39.0 Å². The third-order valence-corrected chi connectivity index (χ3v) is 9.85. The summed E-state index contributed by atoms with van der Waals surface area (Å²) in [5, 5.41) is 2.29. The van der Waals surface area contributed by atoms with Gasteiger partial charge in [0, 0.05) is 62.1 Å². The van der Waals surface area contributed by atoms with Gasteiger partial charge < -0.3 is 9.30 Å². The Morgan fingerprint density at radius 2 is 1.27 bits per heavy atom. The first-order valence-corrected chi connectivity index (χ1v) is 18.1. The Morgan fingerprint density at radius 1 is 0.635 bits per heavy atom. The molecule has 0 aliphatic heterocycles. The van der Waals surface area contributed by atoms with Crippen molar-refractivity contribution in [3.63, 3.8) is 0 Å². The van der Waals surface area contributed by atoms with Crippen molar-refractivity contribution in [1.29, 1.82) is 0 Å². The van der Waals surface area contributed by atoms with E-state index in [1.165, 1.54) is 22.0 Å². The van der Waals surface area contributed by atoms with E-state index in [0.29, 0.717) is 11.5 Å². The molecule has 7 rings (SSSR count). The Morgan fingerprint density at radius 3 is 1.90 bits per heavy atom. The summed E-state index contributed by atoms with van der Waals surface area (Å²) in [5.41, 5.74) is 8.29. The van der Waals surface area contributed by atoms with Crippen LogP contribution in [0.1, 0.15) is 99.8 Å². The maximum absolute atomic E-state index is 7.03. The fourth-order valence-corrected chi connectivity index (χ4v) is 6.90. The van der Waals surface area contributed by atoms with Gasteiger partial charge >= 0.3 is 0 Å². The van der Waals surface area contributed by atoms with Gasteiger partial charge in [0.05, 0.1) is 5.54 Å². The Kier molecular flexibility index (Phi) is 9.40. The largest absolute Gasteiger partial charge is 0.508 e. The molecule has 0 aliphatic carbocycles. The van der Waals surface area contributed by atoms with Crippen LogP contribution in [0.5, 0.6) is 11.5 Å². The van der Waals surface area contributed by atoms with E-state index < -0.39 is 0 Å². The maximum atomic E-state index is 7.03. The van der Waals surface area contributed by atoms with Gasteiger partial charge in [-0.3, -0.25) is 0 Å². The van der Waals surface area contributed by atoms with Crippen LogP contribution in [0, 0.1) is 12.1 Å².